The minimum Gasteiger partial charge on any atom is -0.336 e. The Morgan fingerprint density at radius 3 is 2.57 bits per heavy atom. The summed E-state index contributed by atoms with van der Waals surface area (Å²) in [5.74, 6) is -0.103. The molecule has 0 spiro atoms. The van der Waals surface area contributed by atoms with Crippen molar-refractivity contribution in [2.45, 2.75) is 25.6 Å². The Morgan fingerprint density at radius 2 is 1.96 bits per heavy atom. The third-order valence-corrected chi connectivity index (χ3v) is 4.03. The third kappa shape index (κ3) is 3.09. The molecule has 23 heavy (non-hydrogen) atoms. The molecule has 1 unspecified atom stereocenters. The second-order valence-electron chi connectivity index (χ2n) is 5.67. The number of carbonyl (C=O) groups is 1. The zero-order valence-corrected chi connectivity index (χ0v) is 12.5. The second kappa shape index (κ2) is 5.72. The largest absolute Gasteiger partial charge is 0.435 e. The van der Waals surface area contributed by atoms with Crippen LogP contribution in [0.2, 0.25) is 0 Å². The molecule has 3 rings (SSSR count). The number of rotatable bonds is 2. The summed E-state index contributed by atoms with van der Waals surface area (Å²) in [6.07, 6.45) is -3.85. The van der Waals surface area contributed by atoms with Crippen LogP contribution >= 0.6 is 0 Å². The molecule has 1 amide bonds. The van der Waals surface area contributed by atoms with Gasteiger partial charge in [0.1, 0.15) is 0 Å². The van der Waals surface area contributed by atoms with Gasteiger partial charge >= 0.3 is 6.18 Å². The first-order valence-corrected chi connectivity index (χ1v) is 7.34. The first kappa shape index (κ1) is 15.6. The molecule has 0 radical (unpaired) electrons. The minimum atomic E-state index is -4.45. The number of aryl methyl sites for hydroxylation is 1. The molecule has 4 nitrogen and oxygen atoms in total. The van der Waals surface area contributed by atoms with E-state index < -0.39 is 11.9 Å². The van der Waals surface area contributed by atoms with Gasteiger partial charge < -0.3 is 4.90 Å². The number of nitrogens with zero attached hydrogens (tertiary/aromatic N) is 3. The Hall–Kier alpha value is -2.31. The van der Waals surface area contributed by atoms with Gasteiger partial charge in [0.25, 0.3) is 5.91 Å². The van der Waals surface area contributed by atoms with Crippen LogP contribution in [0.15, 0.2) is 36.4 Å². The number of alkyl halides is 3. The lowest BCUT2D eigenvalue weighted by Crippen LogP contribution is -2.29. The number of amides is 1. The standard InChI is InChI=1S/C16H16F3N3O/c1-11-9-14(16(17,18)19)20-22(11)13-7-8-21(10-13)15(23)12-5-3-2-4-6-12/h2-6,9,13H,7-8,10H2,1H3. The molecule has 7 heteroatoms. The van der Waals surface area contributed by atoms with E-state index in [4.69, 9.17) is 0 Å². The maximum absolute atomic E-state index is 12.8. The van der Waals surface area contributed by atoms with Crippen LogP contribution in [0.1, 0.15) is 34.2 Å². The van der Waals surface area contributed by atoms with Gasteiger partial charge in [-0.1, -0.05) is 18.2 Å². The zero-order chi connectivity index (χ0) is 16.6. The van der Waals surface area contributed by atoms with E-state index in [1.807, 2.05) is 6.07 Å². The number of benzene rings is 1. The third-order valence-electron chi connectivity index (χ3n) is 4.03. The lowest BCUT2D eigenvalue weighted by Gasteiger charge is -2.17. The fraction of sp³-hybridized carbons (Fsp3) is 0.375. The van der Waals surface area contributed by atoms with Crippen LogP contribution in [0.3, 0.4) is 0 Å². The van der Waals surface area contributed by atoms with Crippen LogP contribution in [0.5, 0.6) is 0 Å². The van der Waals surface area contributed by atoms with Crippen molar-refractivity contribution in [3.63, 3.8) is 0 Å². The Labute approximate surface area is 131 Å². The second-order valence-corrected chi connectivity index (χ2v) is 5.67. The molecule has 1 aromatic heterocycles. The molecule has 0 bridgehead atoms. The summed E-state index contributed by atoms with van der Waals surface area (Å²) in [5, 5.41) is 3.68. The predicted octanol–water partition coefficient (Wildman–Crippen LogP) is 3.30. The van der Waals surface area contributed by atoms with Crippen molar-refractivity contribution in [1.29, 1.82) is 0 Å². The summed E-state index contributed by atoms with van der Waals surface area (Å²) in [6.45, 7) is 2.48. The van der Waals surface area contributed by atoms with E-state index >= 15 is 0 Å². The minimum absolute atomic E-state index is 0.103. The van der Waals surface area contributed by atoms with E-state index in [1.54, 1.807) is 36.1 Å². The lowest BCUT2D eigenvalue weighted by molar-refractivity contribution is -0.141. The highest BCUT2D eigenvalue weighted by Gasteiger charge is 2.36. The molecule has 0 N–H and O–H groups in total. The average Bonchev–Trinajstić information content (AvgIpc) is 3.13. The number of likely N-dealkylation sites (tertiary alicyclic amines) is 1. The molecule has 1 saturated heterocycles. The van der Waals surface area contributed by atoms with Crippen LogP contribution in [0.25, 0.3) is 0 Å². The van der Waals surface area contributed by atoms with Crippen LogP contribution in [-0.4, -0.2) is 33.7 Å². The van der Waals surface area contributed by atoms with E-state index in [2.05, 4.69) is 5.10 Å². The molecule has 0 saturated carbocycles. The summed E-state index contributed by atoms with van der Waals surface area (Å²) in [5.41, 5.74) is 0.153. The molecular weight excluding hydrogens is 307 g/mol. The van der Waals surface area contributed by atoms with Crippen molar-refractivity contribution in [3.8, 4) is 0 Å². The Bertz CT molecular complexity index is 709. The average molecular weight is 323 g/mol. The molecule has 1 fully saturated rings. The van der Waals surface area contributed by atoms with Gasteiger partial charge in [0.2, 0.25) is 0 Å². The predicted molar refractivity (Wildman–Crippen MR) is 78.0 cm³/mol. The molecule has 2 aromatic rings. The Kier molecular flexibility index (Phi) is 3.87. The number of aromatic nitrogens is 2. The molecular formula is C16H16F3N3O. The van der Waals surface area contributed by atoms with E-state index in [-0.39, 0.29) is 11.9 Å². The van der Waals surface area contributed by atoms with Gasteiger partial charge in [-0.3, -0.25) is 9.48 Å². The highest BCUT2D eigenvalue weighted by molar-refractivity contribution is 5.94. The van der Waals surface area contributed by atoms with Crippen LogP contribution in [0, 0.1) is 6.92 Å². The highest BCUT2D eigenvalue weighted by Crippen LogP contribution is 2.31. The molecule has 1 aromatic carbocycles. The Morgan fingerprint density at radius 1 is 1.26 bits per heavy atom. The molecule has 122 valence electrons. The number of carbonyl (C=O) groups excluding carboxylic acids is 1. The van der Waals surface area contributed by atoms with E-state index in [0.717, 1.165) is 6.07 Å². The van der Waals surface area contributed by atoms with Crippen molar-refractivity contribution in [3.05, 3.63) is 53.3 Å². The number of hydrogen-bond acceptors (Lipinski definition) is 2. The van der Waals surface area contributed by atoms with Gasteiger partial charge in [-0.05, 0) is 31.5 Å². The van der Waals surface area contributed by atoms with Gasteiger partial charge in [-0.2, -0.15) is 18.3 Å². The van der Waals surface area contributed by atoms with Crippen molar-refractivity contribution < 1.29 is 18.0 Å². The van der Waals surface area contributed by atoms with Crippen LogP contribution < -0.4 is 0 Å². The van der Waals surface area contributed by atoms with Gasteiger partial charge in [0.15, 0.2) is 5.69 Å². The van der Waals surface area contributed by atoms with Crippen LogP contribution in [0.4, 0.5) is 13.2 Å². The summed E-state index contributed by atoms with van der Waals surface area (Å²) in [7, 11) is 0. The summed E-state index contributed by atoms with van der Waals surface area (Å²) in [4.78, 5) is 14.1. The van der Waals surface area contributed by atoms with Gasteiger partial charge in [-0.25, -0.2) is 0 Å². The number of halogens is 3. The first-order chi connectivity index (χ1) is 10.9. The van der Waals surface area contributed by atoms with Crippen LogP contribution in [-0.2, 0) is 6.18 Å². The fourth-order valence-electron chi connectivity index (χ4n) is 2.89. The molecule has 1 aliphatic heterocycles. The smallest absolute Gasteiger partial charge is 0.336 e. The fourth-order valence-corrected chi connectivity index (χ4v) is 2.89. The SMILES string of the molecule is Cc1cc(C(F)(F)F)nn1C1CCN(C(=O)c2ccccc2)C1. The summed E-state index contributed by atoms with van der Waals surface area (Å²) >= 11 is 0. The maximum Gasteiger partial charge on any atom is 0.435 e. The van der Waals surface area contributed by atoms with Crippen molar-refractivity contribution in [2.75, 3.05) is 13.1 Å². The topological polar surface area (TPSA) is 38.1 Å². The van der Waals surface area contributed by atoms with Crippen molar-refractivity contribution in [2.24, 2.45) is 0 Å². The summed E-state index contributed by atoms with van der Waals surface area (Å²) < 4.78 is 39.7. The normalized spacial score (nSPS) is 18.4. The monoisotopic (exact) mass is 323 g/mol. The van der Waals surface area contributed by atoms with E-state index in [1.165, 1.54) is 4.68 Å². The molecule has 2 heterocycles. The quantitative estimate of drug-likeness (QED) is 0.850. The van der Waals surface area contributed by atoms with Gasteiger partial charge in [0, 0.05) is 24.3 Å². The zero-order valence-electron chi connectivity index (χ0n) is 12.5. The van der Waals surface area contributed by atoms with E-state index in [9.17, 15) is 18.0 Å². The first-order valence-electron chi connectivity index (χ1n) is 7.34. The maximum atomic E-state index is 12.8. The number of hydrogen-bond donors (Lipinski definition) is 0. The molecule has 1 atom stereocenters. The van der Waals surface area contributed by atoms with Crippen molar-refractivity contribution >= 4 is 5.91 Å². The Balaban J connectivity index is 1.76. The highest BCUT2D eigenvalue weighted by atomic mass is 19.4. The van der Waals surface area contributed by atoms with Gasteiger partial charge in [-0.15, -0.1) is 0 Å². The molecule has 0 aliphatic carbocycles. The van der Waals surface area contributed by atoms with Gasteiger partial charge in [0.05, 0.1) is 6.04 Å². The van der Waals surface area contributed by atoms with Crippen molar-refractivity contribution in [1.82, 2.24) is 14.7 Å². The molecule has 1 aliphatic rings. The van der Waals surface area contributed by atoms with E-state index in [0.29, 0.717) is 30.8 Å². The lowest BCUT2D eigenvalue weighted by atomic mass is 10.2. The summed E-state index contributed by atoms with van der Waals surface area (Å²) in [6, 6.07) is 9.69.